The Bertz CT molecular complexity index is 853. The second-order valence-electron chi connectivity index (χ2n) is 6.13. The summed E-state index contributed by atoms with van der Waals surface area (Å²) < 4.78 is 28.5. The molecule has 0 radical (unpaired) electrons. The van der Waals surface area contributed by atoms with Gasteiger partial charge in [-0.2, -0.15) is 0 Å². The summed E-state index contributed by atoms with van der Waals surface area (Å²) in [6, 6.07) is 9.21. The predicted molar refractivity (Wildman–Crippen MR) is 97.4 cm³/mol. The zero-order valence-electron chi connectivity index (χ0n) is 14.3. The zero-order chi connectivity index (χ0) is 18.0. The zero-order valence-corrected chi connectivity index (χ0v) is 15.8. The molecule has 0 aliphatic carbocycles. The van der Waals surface area contributed by atoms with Gasteiger partial charge in [-0.3, -0.25) is 4.90 Å². The molecule has 0 N–H and O–H groups in total. The summed E-state index contributed by atoms with van der Waals surface area (Å²) in [5.74, 6) is 0.624. The third kappa shape index (κ3) is 4.14. The first-order valence-electron chi connectivity index (χ1n) is 8.27. The minimum atomic E-state index is -3.71. The van der Waals surface area contributed by atoms with Crippen LogP contribution in [0.1, 0.15) is 36.6 Å². The van der Waals surface area contributed by atoms with Crippen molar-refractivity contribution >= 4 is 19.7 Å². The maximum atomic E-state index is 11.6. The number of benzene rings is 1. The van der Waals surface area contributed by atoms with Crippen LogP contribution in [-0.2, 0) is 22.0 Å². The average Bonchev–Trinajstić information content (AvgIpc) is 2.60. The molecule has 7 heteroatoms. The van der Waals surface area contributed by atoms with Gasteiger partial charge in [0.25, 0.3) is 9.05 Å². The van der Waals surface area contributed by atoms with E-state index in [2.05, 4.69) is 16.8 Å². The van der Waals surface area contributed by atoms with Crippen molar-refractivity contribution in [1.29, 1.82) is 0 Å². The van der Waals surface area contributed by atoms with E-state index in [-0.39, 0.29) is 10.9 Å². The first-order chi connectivity index (χ1) is 11.9. The number of halogens is 1. The Morgan fingerprint density at radius 1 is 1.28 bits per heavy atom. The monoisotopic (exact) mass is 380 g/mol. The van der Waals surface area contributed by atoms with Crippen LogP contribution in [0.2, 0.25) is 0 Å². The first kappa shape index (κ1) is 18.2. The minimum Gasteiger partial charge on any atom is -0.478 e. The van der Waals surface area contributed by atoms with Crippen LogP contribution in [0.5, 0.6) is 5.88 Å². The standard InChI is InChI=1S/C18H21ClN2O3S/c1-3-24-18-7-5-15(11-20-18)13(2)21-9-8-14-4-6-17(25(19,22)23)10-16(14)12-21/h4-7,10-11,13H,3,8-9,12H2,1-2H3/t13-/m1/s1. The summed E-state index contributed by atoms with van der Waals surface area (Å²) in [6.45, 7) is 6.25. The molecule has 134 valence electrons. The van der Waals surface area contributed by atoms with Crippen LogP contribution in [0.25, 0.3) is 0 Å². The highest BCUT2D eigenvalue weighted by Crippen LogP contribution is 2.29. The van der Waals surface area contributed by atoms with Crippen molar-refractivity contribution in [3.05, 3.63) is 53.2 Å². The molecule has 0 bridgehead atoms. The minimum absolute atomic E-state index is 0.158. The van der Waals surface area contributed by atoms with Gasteiger partial charge < -0.3 is 4.74 Å². The molecule has 0 fully saturated rings. The van der Waals surface area contributed by atoms with Gasteiger partial charge in [-0.05, 0) is 49.1 Å². The van der Waals surface area contributed by atoms with Gasteiger partial charge in [-0.1, -0.05) is 12.1 Å². The molecule has 2 aromatic rings. The molecule has 0 saturated carbocycles. The molecule has 1 aliphatic heterocycles. The lowest BCUT2D eigenvalue weighted by Gasteiger charge is -2.34. The van der Waals surface area contributed by atoms with E-state index in [0.717, 1.165) is 24.1 Å². The van der Waals surface area contributed by atoms with Crippen molar-refractivity contribution in [2.75, 3.05) is 13.2 Å². The number of ether oxygens (including phenoxy) is 1. The van der Waals surface area contributed by atoms with Crippen LogP contribution >= 0.6 is 10.7 Å². The molecule has 1 aromatic carbocycles. The van der Waals surface area contributed by atoms with E-state index in [0.29, 0.717) is 19.0 Å². The summed E-state index contributed by atoms with van der Waals surface area (Å²) in [7, 11) is 1.77. The molecule has 1 atom stereocenters. The van der Waals surface area contributed by atoms with E-state index in [4.69, 9.17) is 15.4 Å². The van der Waals surface area contributed by atoms with Crippen molar-refractivity contribution in [1.82, 2.24) is 9.88 Å². The Labute approximate surface area is 153 Å². The maximum Gasteiger partial charge on any atom is 0.261 e. The maximum absolute atomic E-state index is 11.6. The molecule has 25 heavy (non-hydrogen) atoms. The topological polar surface area (TPSA) is 59.5 Å². The number of hydrogen-bond donors (Lipinski definition) is 0. The molecular formula is C18H21ClN2O3S. The molecule has 1 aromatic heterocycles. The van der Waals surface area contributed by atoms with Gasteiger partial charge in [0.05, 0.1) is 11.5 Å². The average molecular weight is 381 g/mol. The summed E-state index contributed by atoms with van der Waals surface area (Å²) in [5.41, 5.74) is 3.30. The molecule has 1 aliphatic rings. The lowest BCUT2D eigenvalue weighted by molar-refractivity contribution is 0.191. The van der Waals surface area contributed by atoms with E-state index in [9.17, 15) is 8.42 Å². The Kier molecular flexibility index (Phi) is 5.32. The van der Waals surface area contributed by atoms with Crippen molar-refractivity contribution < 1.29 is 13.2 Å². The smallest absolute Gasteiger partial charge is 0.261 e. The van der Waals surface area contributed by atoms with Crippen molar-refractivity contribution in [2.45, 2.75) is 37.8 Å². The van der Waals surface area contributed by atoms with Gasteiger partial charge in [0.15, 0.2) is 0 Å². The highest BCUT2D eigenvalue weighted by molar-refractivity contribution is 8.13. The molecule has 0 saturated heterocycles. The number of rotatable bonds is 5. The van der Waals surface area contributed by atoms with E-state index in [1.54, 1.807) is 12.1 Å². The highest BCUT2D eigenvalue weighted by Gasteiger charge is 2.23. The van der Waals surface area contributed by atoms with Crippen molar-refractivity contribution in [3.8, 4) is 5.88 Å². The molecule has 2 heterocycles. The van der Waals surface area contributed by atoms with Crippen LogP contribution in [0.4, 0.5) is 0 Å². The van der Waals surface area contributed by atoms with E-state index >= 15 is 0 Å². The van der Waals surface area contributed by atoms with Gasteiger partial charge in [-0.25, -0.2) is 13.4 Å². The molecule has 0 spiro atoms. The lowest BCUT2D eigenvalue weighted by Crippen LogP contribution is -2.33. The fourth-order valence-corrected chi connectivity index (χ4v) is 3.92. The number of pyridine rings is 1. The molecule has 3 rings (SSSR count). The summed E-state index contributed by atoms with van der Waals surface area (Å²) in [4.78, 5) is 6.80. The van der Waals surface area contributed by atoms with E-state index < -0.39 is 9.05 Å². The van der Waals surface area contributed by atoms with Crippen LogP contribution in [-0.4, -0.2) is 31.5 Å². The van der Waals surface area contributed by atoms with Crippen LogP contribution < -0.4 is 4.74 Å². The third-order valence-corrected chi connectivity index (χ3v) is 5.93. The van der Waals surface area contributed by atoms with Gasteiger partial charge in [0.1, 0.15) is 0 Å². The van der Waals surface area contributed by atoms with Crippen molar-refractivity contribution in [3.63, 3.8) is 0 Å². The molecular weight excluding hydrogens is 360 g/mol. The largest absolute Gasteiger partial charge is 0.478 e. The van der Waals surface area contributed by atoms with Gasteiger partial charge in [-0.15, -0.1) is 0 Å². The van der Waals surface area contributed by atoms with Crippen molar-refractivity contribution in [2.24, 2.45) is 0 Å². The second kappa shape index (κ2) is 7.32. The second-order valence-corrected chi connectivity index (χ2v) is 8.69. The quantitative estimate of drug-likeness (QED) is 0.742. The van der Waals surface area contributed by atoms with E-state index in [1.165, 1.54) is 5.56 Å². The Morgan fingerprint density at radius 3 is 2.72 bits per heavy atom. The molecule has 5 nitrogen and oxygen atoms in total. The number of hydrogen-bond acceptors (Lipinski definition) is 5. The third-order valence-electron chi connectivity index (χ3n) is 4.58. The SMILES string of the molecule is CCOc1ccc([C@@H](C)N2CCc3ccc(S(=O)(=O)Cl)cc3C2)cn1. The molecule has 0 amide bonds. The Morgan fingerprint density at radius 2 is 2.08 bits per heavy atom. The fourth-order valence-electron chi connectivity index (χ4n) is 3.12. The Hall–Kier alpha value is -1.63. The lowest BCUT2D eigenvalue weighted by atomic mass is 9.97. The van der Waals surface area contributed by atoms with Crippen LogP contribution in [0.3, 0.4) is 0 Å². The first-order valence-corrected chi connectivity index (χ1v) is 10.6. The summed E-state index contributed by atoms with van der Waals surface area (Å²) in [6.07, 6.45) is 2.72. The number of aromatic nitrogens is 1. The van der Waals surface area contributed by atoms with E-state index in [1.807, 2.05) is 31.3 Å². The molecule has 0 unspecified atom stereocenters. The highest BCUT2D eigenvalue weighted by atomic mass is 35.7. The van der Waals surface area contributed by atoms with Crippen LogP contribution in [0.15, 0.2) is 41.4 Å². The Balaban J connectivity index is 1.79. The predicted octanol–water partition coefficient (Wildman–Crippen LogP) is 3.53. The van der Waals surface area contributed by atoms with Gasteiger partial charge in [0, 0.05) is 42.1 Å². The summed E-state index contributed by atoms with van der Waals surface area (Å²) >= 11 is 0. The van der Waals surface area contributed by atoms with Crippen LogP contribution in [0, 0.1) is 0 Å². The normalized spacial score (nSPS) is 16.3. The van der Waals surface area contributed by atoms with Gasteiger partial charge >= 0.3 is 0 Å². The number of fused-ring (bicyclic) bond motifs is 1. The summed E-state index contributed by atoms with van der Waals surface area (Å²) in [5, 5.41) is 0. The fraction of sp³-hybridized carbons (Fsp3) is 0.389. The van der Waals surface area contributed by atoms with Gasteiger partial charge in [0.2, 0.25) is 5.88 Å². The number of nitrogens with zero attached hydrogens (tertiary/aromatic N) is 2.